The molecule has 0 aliphatic carbocycles. The molecule has 0 spiro atoms. The number of likely N-dealkylation sites (tertiary alicyclic amines) is 1. The van der Waals surface area contributed by atoms with Gasteiger partial charge in [0.05, 0.1) is 6.42 Å². The van der Waals surface area contributed by atoms with E-state index in [0.29, 0.717) is 19.5 Å². The number of aryl methyl sites for hydroxylation is 1. The molecule has 1 fully saturated rings. The Hall–Kier alpha value is -1.84. The summed E-state index contributed by atoms with van der Waals surface area (Å²) in [6.07, 6.45) is 5.38. The Morgan fingerprint density at radius 1 is 1.21 bits per heavy atom. The van der Waals surface area contributed by atoms with Gasteiger partial charge in [0.1, 0.15) is 0 Å². The van der Waals surface area contributed by atoms with Crippen LogP contribution in [0.25, 0.3) is 0 Å². The summed E-state index contributed by atoms with van der Waals surface area (Å²) in [6.45, 7) is 6.36. The number of carbonyl (C=O) groups excluding carboxylic acids is 2. The summed E-state index contributed by atoms with van der Waals surface area (Å²) < 4.78 is 0. The molecule has 1 aliphatic rings. The fourth-order valence-corrected chi connectivity index (χ4v) is 3.23. The number of nitrogens with one attached hydrogen (secondary N) is 1. The average molecular weight is 330 g/mol. The van der Waals surface area contributed by atoms with Gasteiger partial charge < -0.3 is 10.2 Å². The zero-order chi connectivity index (χ0) is 17.4. The quantitative estimate of drug-likeness (QED) is 0.781. The second kappa shape index (κ2) is 9.45. The van der Waals surface area contributed by atoms with E-state index in [1.165, 1.54) is 5.56 Å². The lowest BCUT2D eigenvalue weighted by molar-refractivity contribution is -0.135. The molecule has 4 nitrogen and oxygen atoms in total. The maximum atomic E-state index is 12.4. The molecule has 0 unspecified atom stereocenters. The van der Waals surface area contributed by atoms with E-state index in [1.807, 2.05) is 30.0 Å². The zero-order valence-corrected chi connectivity index (χ0v) is 15.0. The van der Waals surface area contributed by atoms with Gasteiger partial charge in [-0.2, -0.15) is 0 Å². The van der Waals surface area contributed by atoms with E-state index in [0.717, 1.165) is 44.2 Å². The number of amides is 2. The minimum atomic E-state index is 0.0645. The van der Waals surface area contributed by atoms with Crippen molar-refractivity contribution in [3.63, 3.8) is 0 Å². The van der Waals surface area contributed by atoms with Gasteiger partial charge in [0.2, 0.25) is 11.8 Å². The molecule has 0 radical (unpaired) electrons. The molecule has 2 rings (SSSR count). The summed E-state index contributed by atoms with van der Waals surface area (Å²) in [4.78, 5) is 26.5. The first-order valence-electron chi connectivity index (χ1n) is 9.21. The van der Waals surface area contributed by atoms with Crippen molar-refractivity contribution in [1.82, 2.24) is 10.2 Å². The first kappa shape index (κ1) is 18.5. The number of piperidine rings is 1. The van der Waals surface area contributed by atoms with E-state index >= 15 is 0 Å². The van der Waals surface area contributed by atoms with Crippen molar-refractivity contribution in [2.24, 2.45) is 5.92 Å². The van der Waals surface area contributed by atoms with Gasteiger partial charge in [0.25, 0.3) is 0 Å². The Labute approximate surface area is 145 Å². The number of benzene rings is 1. The molecule has 1 aromatic rings. The predicted octanol–water partition coefficient (Wildman–Crippen LogP) is 3.08. The Bertz CT molecular complexity index is 548. The van der Waals surface area contributed by atoms with Crippen LogP contribution in [-0.2, 0) is 16.0 Å². The largest absolute Gasteiger partial charge is 0.356 e. The highest BCUT2D eigenvalue weighted by Crippen LogP contribution is 2.18. The van der Waals surface area contributed by atoms with Crippen LogP contribution in [0.1, 0.15) is 50.2 Å². The monoisotopic (exact) mass is 330 g/mol. The van der Waals surface area contributed by atoms with Crippen LogP contribution >= 0.6 is 0 Å². The highest BCUT2D eigenvalue weighted by Gasteiger charge is 2.26. The third-order valence-electron chi connectivity index (χ3n) is 4.74. The molecule has 1 aromatic carbocycles. The van der Waals surface area contributed by atoms with Crippen molar-refractivity contribution in [2.75, 3.05) is 19.6 Å². The van der Waals surface area contributed by atoms with Gasteiger partial charge in [0.15, 0.2) is 0 Å². The third-order valence-corrected chi connectivity index (χ3v) is 4.74. The lowest BCUT2D eigenvalue weighted by Gasteiger charge is -2.31. The number of hydrogen-bond acceptors (Lipinski definition) is 2. The van der Waals surface area contributed by atoms with Crippen LogP contribution in [0, 0.1) is 12.8 Å². The average Bonchev–Trinajstić information content (AvgIpc) is 2.58. The van der Waals surface area contributed by atoms with Crippen molar-refractivity contribution < 1.29 is 9.59 Å². The van der Waals surface area contributed by atoms with Crippen LogP contribution in [0.15, 0.2) is 24.3 Å². The fourth-order valence-electron chi connectivity index (χ4n) is 3.23. The molecular formula is C20H30N2O2. The van der Waals surface area contributed by atoms with Gasteiger partial charge >= 0.3 is 0 Å². The Morgan fingerprint density at radius 3 is 2.62 bits per heavy atom. The molecule has 4 heteroatoms. The molecule has 0 aromatic heterocycles. The van der Waals surface area contributed by atoms with Gasteiger partial charge in [-0.15, -0.1) is 0 Å². The maximum absolute atomic E-state index is 12.4. The Morgan fingerprint density at radius 2 is 1.96 bits per heavy atom. The van der Waals surface area contributed by atoms with E-state index in [4.69, 9.17) is 0 Å². The molecule has 1 saturated heterocycles. The summed E-state index contributed by atoms with van der Waals surface area (Å²) in [5.74, 6) is 0.397. The topological polar surface area (TPSA) is 49.4 Å². The van der Waals surface area contributed by atoms with Gasteiger partial charge in [-0.3, -0.25) is 9.59 Å². The van der Waals surface area contributed by atoms with Crippen LogP contribution < -0.4 is 5.32 Å². The molecule has 0 atom stereocenters. The minimum Gasteiger partial charge on any atom is -0.356 e. The number of unbranched alkanes of at least 4 members (excludes halogenated alkanes) is 2. The van der Waals surface area contributed by atoms with E-state index in [2.05, 4.69) is 18.3 Å². The van der Waals surface area contributed by atoms with Gasteiger partial charge in [-0.25, -0.2) is 0 Å². The van der Waals surface area contributed by atoms with Crippen LogP contribution in [0.4, 0.5) is 0 Å². The van der Waals surface area contributed by atoms with Crippen molar-refractivity contribution in [1.29, 1.82) is 0 Å². The molecule has 132 valence electrons. The third kappa shape index (κ3) is 5.66. The maximum Gasteiger partial charge on any atom is 0.226 e. The van der Waals surface area contributed by atoms with Crippen molar-refractivity contribution >= 4 is 11.8 Å². The summed E-state index contributed by atoms with van der Waals surface area (Å²) in [5, 5.41) is 3.03. The highest BCUT2D eigenvalue weighted by atomic mass is 16.2. The zero-order valence-electron chi connectivity index (χ0n) is 15.0. The molecule has 1 N–H and O–H groups in total. The van der Waals surface area contributed by atoms with E-state index < -0.39 is 0 Å². The SMILES string of the molecule is CCCCCNC(=O)C1CCN(C(=O)Cc2cccc(C)c2)CC1. The molecular weight excluding hydrogens is 300 g/mol. The second-order valence-corrected chi connectivity index (χ2v) is 6.82. The van der Waals surface area contributed by atoms with Crippen LogP contribution in [0.3, 0.4) is 0 Å². The summed E-state index contributed by atoms with van der Waals surface area (Å²) in [5.41, 5.74) is 2.24. The van der Waals surface area contributed by atoms with E-state index in [-0.39, 0.29) is 17.7 Å². The molecule has 0 saturated carbocycles. The summed E-state index contributed by atoms with van der Waals surface area (Å²) >= 11 is 0. The minimum absolute atomic E-state index is 0.0645. The Kier molecular flexibility index (Phi) is 7.29. The number of carbonyl (C=O) groups is 2. The molecule has 1 aliphatic heterocycles. The number of rotatable bonds is 7. The number of hydrogen-bond donors (Lipinski definition) is 1. The highest BCUT2D eigenvalue weighted by molar-refractivity contribution is 5.81. The van der Waals surface area contributed by atoms with E-state index in [1.54, 1.807) is 0 Å². The fraction of sp³-hybridized carbons (Fsp3) is 0.600. The summed E-state index contributed by atoms with van der Waals surface area (Å²) in [6, 6.07) is 8.10. The first-order valence-corrected chi connectivity index (χ1v) is 9.21. The standard InChI is InChI=1S/C20H30N2O2/c1-3-4-5-11-21-20(24)18-9-12-22(13-10-18)19(23)15-17-8-6-7-16(2)14-17/h6-8,14,18H,3-5,9-13,15H2,1-2H3,(H,21,24). The van der Waals surface area contributed by atoms with Gasteiger partial charge in [0, 0.05) is 25.6 Å². The van der Waals surface area contributed by atoms with Gasteiger partial charge in [-0.05, 0) is 31.7 Å². The normalized spacial score (nSPS) is 15.3. The predicted molar refractivity (Wildman–Crippen MR) is 96.7 cm³/mol. The van der Waals surface area contributed by atoms with Gasteiger partial charge in [-0.1, -0.05) is 49.6 Å². The van der Waals surface area contributed by atoms with Crippen LogP contribution in [0.2, 0.25) is 0 Å². The van der Waals surface area contributed by atoms with Crippen molar-refractivity contribution in [3.8, 4) is 0 Å². The molecule has 0 bridgehead atoms. The number of nitrogens with zero attached hydrogens (tertiary/aromatic N) is 1. The Balaban J connectivity index is 1.73. The molecule has 24 heavy (non-hydrogen) atoms. The van der Waals surface area contributed by atoms with E-state index in [9.17, 15) is 9.59 Å². The lowest BCUT2D eigenvalue weighted by Crippen LogP contribution is -2.43. The molecule has 1 heterocycles. The lowest BCUT2D eigenvalue weighted by atomic mass is 9.95. The summed E-state index contributed by atoms with van der Waals surface area (Å²) in [7, 11) is 0. The first-order chi connectivity index (χ1) is 11.6. The molecule has 2 amide bonds. The van der Waals surface area contributed by atoms with Crippen LogP contribution in [-0.4, -0.2) is 36.3 Å². The van der Waals surface area contributed by atoms with Crippen molar-refractivity contribution in [3.05, 3.63) is 35.4 Å². The van der Waals surface area contributed by atoms with Crippen molar-refractivity contribution in [2.45, 2.75) is 52.4 Å². The second-order valence-electron chi connectivity index (χ2n) is 6.82. The van der Waals surface area contributed by atoms with Crippen LogP contribution in [0.5, 0.6) is 0 Å². The smallest absolute Gasteiger partial charge is 0.226 e.